The number of aryl methyl sites for hydroxylation is 1. The number of para-hydroxylation sites is 1. The van der Waals surface area contributed by atoms with Gasteiger partial charge in [0.05, 0.1) is 0 Å². The highest BCUT2D eigenvalue weighted by Crippen LogP contribution is 2.47. The maximum Gasteiger partial charge on any atom is 0.240 e. The van der Waals surface area contributed by atoms with E-state index >= 15 is 0 Å². The summed E-state index contributed by atoms with van der Waals surface area (Å²) in [6.07, 6.45) is 1.83. The van der Waals surface area contributed by atoms with Gasteiger partial charge in [0.1, 0.15) is 5.41 Å². The summed E-state index contributed by atoms with van der Waals surface area (Å²) in [6, 6.07) is 14.5. The van der Waals surface area contributed by atoms with Crippen LogP contribution in [0.5, 0.6) is 0 Å². The highest BCUT2D eigenvalue weighted by Gasteiger charge is 2.56. The zero-order valence-electron chi connectivity index (χ0n) is 15.5. The number of carbonyl (C=O) groups excluding carboxylic acids is 3. The number of hydrogen-bond donors (Lipinski definition) is 3. The van der Waals surface area contributed by atoms with E-state index in [1.165, 1.54) is 6.92 Å². The Kier molecular flexibility index (Phi) is 5.26. The Labute approximate surface area is 158 Å². The van der Waals surface area contributed by atoms with Crippen LogP contribution in [-0.2, 0) is 20.8 Å². The van der Waals surface area contributed by atoms with Gasteiger partial charge in [-0.3, -0.25) is 14.4 Å². The van der Waals surface area contributed by atoms with E-state index in [1.54, 1.807) is 24.3 Å². The largest absolute Gasteiger partial charge is 0.326 e. The zero-order valence-corrected chi connectivity index (χ0v) is 15.5. The summed E-state index contributed by atoms with van der Waals surface area (Å²) in [6.45, 7) is 3.44. The molecule has 140 valence electrons. The minimum absolute atomic E-state index is 0.189. The number of rotatable bonds is 6. The Hall–Kier alpha value is -3.15. The van der Waals surface area contributed by atoms with Gasteiger partial charge in [0.15, 0.2) is 0 Å². The fraction of sp³-hybridized carbons (Fsp3) is 0.286. The molecule has 0 bridgehead atoms. The lowest BCUT2D eigenvalue weighted by atomic mass is 10.0. The summed E-state index contributed by atoms with van der Waals surface area (Å²) in [5.41, 5.74) is 1.87. The average molecular weight is 365 g/mol. The second-order valence-electron chi connectivity index (χ2n) is 6.76. The molecule has 0 radical (unpaired) electrons. The molecule has 1 fully saturated rings. The van der Waals surface area contributed by atoms with Crippen molar-refractivity contribution in [2.45, 2.75) is 33.1 Å². The number of anilines is 3. The van der Waals surface area contributed by atoms with Crippen LogP contribution >= 0.6 is 0 Å². The van der Waals surface area contributed by atoms with E-state index in [2.05, 4.69) is 16.0 Å². The molecule has 0 atom stereocenters. The Morgan fingerprint density at radius 1 is 0.889 bits per heavy atom. The van der Waals surface area contributed by atoms with Crippen LogP contribution in [0.15, 0.2) is 48.5 Å². The maximum absolute atomic E-state index is 12.8. The Bertz CT molecular complexity index is 888. The standard InChI is InChI=1S/C21H23N3O3/c1-3-15-7-4-5-10-18(15)24-20(27)21(11-12-21)19(26)23-17-9-6-8-16(13-17)22-14(2)25/h4-10,13H,3,11-12H2,1-2H3,(H,22,25)(H,23,26)(H,24,27). The number of nitrogens with one attached hydrogen (secondary N) is 3. The fourth-order valence-corrected chi connectivity index (χ4v) is 3.00. The Morgan fingerprint density at radius 2 is 1.52 bits per heavy atom. The van der Waals surface area contributed by atoms with E-state index in [0.29, 0.717) is 24.2 Å². The molecule has 1 aliphatic carbocycles. The van der Waals surface area contributed by atoms with Crippen LogP contribution in [0.1, 0.15) is 32.3 Å². The average Bonchev–Trinajstić information content (AvgIpc) is 3.44. The summed E-state index contributed by atoms with van der Waals surface area (Å²) in [5.74, 6) is -0.793. The molecule has 0 heterocycles. The summed E-state index contributed by atoms with van der Waals surface area (Å²) in [7, 11) is 0. The lowest BCUT2D eigenvalue weighted by Gasteiger charge is -2.17. The minimum atomic E-state index is -1.04. The van der Waals surface area contributed by atoms with Crippen LogP contribution in [0, 0.1) is 5.41 Å². The van der Waals surface area contributed by atoms with Gasteiger partial charge in [0, 0.05) is 24.0 Å². The van der Waals surface area contributed by atoms with Crippen molar-refractivity contribution in [3.05, 3.63) is 54.1 Å². The summed E-state index contributed by atoms with van der Waals surface area (Å²) >= 11 is 0. The molecule has 3 N–H and O–H groups in total. The molecule has 6 heteroatoms. The Balaban J connectivity index is 1.71. The van der Waals surface area contributed by atoms with Crippen molar-refractivity contribution < 1.29 is 14.4 Å². The second kappa shape index (κ2) is 7.61. The summed E-state index contributed by atoms with van der Waals surface area (Å²) in [4.78, 5) is 36.7. The van der Waals surface area contributed by atoms with E-state index < -0.39 is 5.41 Å². The van der Waals surface area contributed by atoms with Crippen molar-refractivity contribution in [2.75, 3.05) is 16.0 Å². The third-order valence-electron chi connectivity index (χ3n) is 4.71. The van der Waals surface area contributed by atoms with Gasteiger partial charge < -0.3 is 16.0 Å². The van der Waals surface area contributed by atoms with Gasteiger partial charge in [-0.05, 0) is 49.1 Å². The lowest BCUT2D eigenvalue weighted by Crippen LogP contribution is -2.35. The molecule has 1 aliphatic rings. The van der Waals surface area contributed by atoms with Crippen molar-refractivity contribution in [3.63, 3.8) is 0 Å². The summed E-state index contributed by atoms with van der Waals surface area (Å²) in [5, 5.41) is 8.39. The van der Waals surface area contributed by atoms with E-state index in [-0.39, 0.29) is 17.7 Å². The highest BCUT2D eigenvalue weighted by molar-refractivity contribution is 6.17. The van der Waals surface area contributed by atoms with Gasteiger partial charge >= 0.3 is 0 Å². The van der Waals surface area contributed by atoms with Crippen molar-refractivity contribution in [3.8, 4) is 0 Å². The SMILES string of the molecule is CCc1ccccc1NC(=O)C1(C(=O)Nc2cccc(NC(C)=O)c2)CC1. The van der Waals surface area contributed by atoms with Crippen molar-refractivity contribution in [1.82, 2.24) is 0 Å². The van der Waals surface area contributed by atoms with Crippen LogP contribution in [0.25, 0.3) is 0 Å². The summed E-state index contributed by atoms with van der Waals surface area (Å²) < 4.78 is 0. The van der Waals surface area contributed by atoms with Gasteiger partial charge in [0.25, 0.3) is 0 Å². The van der Waals surface area contributed by atoms with Crippen LogP contribution < -0.4 is 16.0 Å². The molecule has 2 aromatic rings. The molecule has 3 amide bonds. The quantitative estimate of drug-likeness (QED) is 0.684. The molecule has 0 unspecified atom stereocenters. The van der Waals surface area contributed by atoms with Crippen LogP contribution in [0.4, 0.5) is 17.1 Å². The monoisotopic (exact) mass is 365 g/mol. The van der Waals surface area contributed by atoms with Gasteiger partial charge in [-0.2, -0.15) is 0 Å². The van der Waals surface area contributed by atoms with E-state index in [4.69, 9.17) is 0 Å². The molecule has 0 saturated heterocycles. The van der Waals surface area contributed by atoms with Crippen molar-refractivity contribution in [1.29, 1.82) is 0 Å². The predicted molar refractivity (Wildman–Crippen MR) is 105 cm³/mol. The molecule has 0 aliphatic heterocycles. The van der Waals surface area contributed by atoms with Crippen LogP contribution in [-0.4, -0.2) is 17.7 Å². The fourth-order valence-electron chi connectivity index (χ4n) is 3.00. The van der Waals surface area contributed by atoms with Crippen molar-refractivity contribution in [2.24, 2.45) is 5.41 Å². The smallest absolute Gasteiger partial charge is 0.240 e. The highest BCUT2D eigenvalue weighted by atomic mass is 16.2. The van der Waals surface area contributed by atoms with E-state index in [0.717, 1.165) is 17.7 Å². The van der Waals surface area contributed by atoms with Crippen LogP contribution in [0.3, 0.4) is 0 Å². The molecular formula is C21H23N3O3. The topological polar surface area (TPSA) is 87.3 Å². The van der Waals surface area contributed by atoms with Gasteiger partial charge in [-0.15, -0.1) is 0 Å². The first-order chi connectivity index (χ1) is 12.9. The first-order valence-electron chi connectivity index (χ1n) is 9.03. The number of carbonyl (C=O) groups is 3. The third-order valence-corrected chi connectivity index (χ3v) is 4.71. The maximum atomic E-state index is 12.8. The molecule has 0 aromatic heterocycles. The molecule has 3 rings (SSSR count). The Morgan fingerprint density at radius 3 is 2.15 bits per heavy atom. The lowest BCUT2D eigenvalue weighted by molar-refractivity contribution is -0.131. The van der Waals surface area contributed by atoms with E-state index in [9.17, 15) is 14.4 Å². The van der Waals surface area contributed by atoms with Crippen molar-refractivity contribution >= 4 is 34.8 Å². The zero-order chi connectivity index (χ0) is 19.4. The first kappa shape index (κ1) is 18.6. The number of hydrogen-bond acceptors (Lipinski definition) is 3. The molecule has 27 heavy (non-hydrogen) atoms. The van der Waals surface area contributed by atoms with Gasteiger partial charge in [-0.1, -0.05) is 31.2 Å². The second-order valence-corrected chi connectivity index (χ2v) is 6.76. The molecular weight excluding hydrogens is 342 g/mol. The van der Waals surface area contributed by atoms with Gasteiger partial charge in [-0.25, -0.2) is 0 Å². The molecule has 1 saturated carbocycles. The number of benzene rings is 2. The third kappa shape index (κ3) is 4.16. The minimum Gasteiger partial charge on any atom is -0.326 e. The number of amides is 3. The van der Waals surface area contributed by atoms with Gasteiger partial charge in [0.2, 0.25) is 17.7 Å². The molecule has 0 spiro atoms. The molecule has 2 aromatic carbocycles. The van der Waals surface area contributed by atoms with Crippen LogP contribution in [0.2, 0.25) is 0 Å². The predicted octanol–water partition coefficient (Wildman–Crippen LogP) is 3.56. The van der Waals surface area contributed by atoms with E-state index in [1.807, 2.05) is 31.2 Å². The first-order valence-corrected chi connectivity index (χ1v) is 9.03. The normalized spacial score (nSPS) is 14.1. The molecule has 6 nitrogen and oxygen atoms in total.